The van der Waals surface area contributed by atoms with E-state index in [2.05, 4.69) is 27.7 Å². The van der Waals surface area contributed by atoms with Crippen molar-refractivity contribution in [2.75, 3.05) is 53.0 Å². The van der Waals surface area contributed by atoms with Crippen LogP contribution in [-0.2, 0) is 32.2 Å². The molecular formula is C32H41N5O6. The largest absolute Gasteiger partial charge is 0.491 e. The highest BCUT2D eigenvalue weighted by atomic mass is 16.5. The van der Waals surface area contributed by atoms with Gasteiger partial charge in [0.2, 0.25) is 17.7 Å². The number of carbonyl (C=O) groups is 4. The smallest absolute Gasteiger partial charge is 0.255 e. The van der Waals surface area contributed by atoms with Gasteiger partial charge in [-0.2, -0.15) is 0 Å². The maximum absolute atomic E-state index is 13.4. The van der Waals surface area contributed by atoms with E-state index in [4.69, 9.17) is 9.47 Å². The SMILES string of the molecule is CN1CCOc2ccccc2C(=O)N[C@H](C(=O)NCc2ccc(CN3CCOCC3)cc2)CCC(=O)N2CCC[C@@H]2C1=O. The Morgan fingerprint density at radius 1 is 0.930 bits per heavy atom. The van der Waals surface area contributed by atoms with Gasteiger partial charge in [-0.3, -0.25) is 24.1 Å². The topological polar surface area (TPSA) is 121 Å². The van der Waals surface area contributed by atoms with E-state index in [1.165, 1.54) is 5.56 Å². The number of amides is 4. The van der Waals surface area contributed by atoms with E-state index in [0.29, 0.717) is 25.3 Å². The van der Waals surface area contributed by atoms with Crippen LogP contribution in [0.25, 0.3) is 0 Å². The van der Waals surface area contributed by atoms with Gasteiger partial charge in [0.25, 0.3) is 5.91 Å². The van der Waals surface area contributed by atoms with Crippen molar-refractivity contribution >= 4 is 23.6 Å². The lowest BCUT2D eigenvalue weighted by molar-refractivity contribution is -0.143. The Kier molecular flexibility index (Phi) is 10.3. The normalized spacial score (nSPS) is 22.5. The highest BCUT2D eigenvalue weighted by Crippen LogP contribution is 2.23. The summed E-state index contributed by atoms with van der Waals surface area (Å²) in [5, 5.41) is 5.77. The Labute approximate surface area is 252 Å². The molecule has 3 heterocycles. The molecule has 2 fully saturated rings. The molecule has 11 heteroatoms. The fourth-order valence-corrected chi connectivity index (χ4v) is 5.77. The van der Waals surface area contributed by atoms with Gasteiger partial charge in [-0.25, -0.2) is 0 Å². The molecular weight excluding hydrogens is 550 g/mol. The van der Waals surface area contributed by atoms with E-state index in [9.17, 15) is 19.2 Å². The minimum atomic E-state index is -0.949. The van der Waals surface area contributed by atoms with Gasteiger partial charge in [-0.1, -0.05) is 36.4 Å². The molecule has 5 rings (SSSR count). The summed E-state index contributed by atoms with van der Waals surface area (Å²) in [5.41, 5.74) is 2.40. The van der Waals surface area contributed by atoms with Gasteiger partial charge < -0.3 is 29.9 Å². The number of morpholine rings is 1. The summed E-state index contributed by atoms with van der Waals surface area (Å²) < 4.78 is 11.3. The first-order chi connectivity index (χ1) is 20.9. The van der Waals surface area contributed by atoms with Gasteiger partial charge in [0.15, 0.2) is 0 Å². The summed E-state index contributed by atoms with van der Waals surface area (Å²) >= 11 is 0. The van der Waals surface area contributed by atoms with E-state index in [0.717, 1.165) is 44.8 Å². The van der Waals surface area contributed by atoms with Crippen LogP contribution in [0.5, 0.6) is 5.75 Å². The van der Waals surface area contributed by atoms with E-state index >= 15 is 0 Å². The summed E-state index contributed by atoms with van der Waals surface area (Å²) in [6, 6.07) is 13.4. The maximum Gasteiger partial charge on any atom is 0.255 e. The third kappa shape index (κ3) is 7.91. The number of nitrogens with zero attached hydrogens (tertiary/aromatic N) is 3. The minimum Gasteiger partial charge on any atom is -0.491 e. The molecule has 0 spiro atoms. The van der Waals surface area contributed by atoms with Crippen LogP contribution >= 0.6 is 0 Å². The number of ether oxygens (including phenoxy) is 2. The van der Waals surface area contributed by atoms with Crippen molar-refractivity contribution in [1.29, 1.82) is 0 Å². The van der Waals surface area contributed by atoms with Crippen LogP contribution in [0.4, 0.5) is 0 Å². The third-order valence-electron chi connectivity index (χ3n) is 8.32. The fourth-order valence-electron chi connectivity index (χ4n) is 5.77. The van der Waals surface area contributed by atoms with Gasteiger partial charge in [0, 0.05) is 46.2 Å². The molecule has 3 aliphatic heterocycles. The average molecular weight is 592 g/mol. The second-order valence-electron chi connectivity index (χ2n) is 11.3. The highest BCUT2D eigenvalue weighted by molar-refractivity contribution is 5.99. The molecule has 0 aliphatic carbocycles. The molecule has 2 aromatic carbocycles. The van der Waals surface area contributed by atoms with E-state index < -0.39 is 18.0 Å². The molecule has 2 N–H and O–H groups in total. The molecule has 43 heavy (non-hydrogen) atoms. The highest BCUT2D eigenvalue weighted by Gasteiger charge is 2.36. The van der Waals surface area contributed by atoms with Crippen LogP contribution < -0.4 is 15.4 Å². The van der Waals surface area contributed by atoms with Gasteiger partial charge in [-0.05, 0) is 42.5 Å². The first-order valence-corrected chi connectivity index (χ1v) is 15.1. The number of rotatable bonds is 5. The number of nitrogens with one attached hydrogen (secondary N) is 2. The van der Waals surface area contributed by atoms with Crippen LogP contribution in [0.1, 0.15) is 47.2 Å². The first-order valence-electron chi connectivity index (χ1n) is 15.1. The zero-order chi connectivity index (χ0) is 30.2. The van der Waals surface area contributed by atoms with E-state index in [-0.39, 0.29) is 49.3 Å². The van der Waals surface area contributed by atoms with E-state index in [1.54, 1.807) is 41.1 Å². The van der Waals surface area contributed by atoms with Crippen molar-refractivity contribution < 1.29 is 28.7 Å². The maximum atomic E-state index is 13.4. The van der Waals surface area contributed by atoms with E-state index in [1.807, 2.05) is 12.1 Å². The molecule has 2 aromatic rings. The van der Waals surface area contributed by atoms with Gasteiger partial charge in [0.05, 0.1) is 25.3 Å². The molecule has 0 saturated carbocycles. The van der Waals surface area contributed by atoms with Crippen LogP contribution in [0.3, 0.4) is 0 Å². The Hall–Kier alpha value is -3.96. The van der Waals surface area contributed by atoms with Crippen LogP contribution in [0.2, 0.25) is 0 Å². The lowest BCUT2D eigenvalue weighted by Gasteiger charge is -2.28. The Morgan fingerprint density at radius 3 is 2.47 bits per heavy atom. The fraction of sp³-hybridized carbons (Fsp3) is 0.500. The summed E-state index contributed by atoms with van der Waals surface area (Å²) in [7, 11) is 1.70. The quantitative estimate of drug-likeness (QED) is 0.542. The molecule has 2 atom stereocenters. The lowest BCUT2D eigenvalue weighted by Crippen LogP contribution is -2.49. The molecule has 2 saturated heterocycles. The van der Waals surface area contributed by atoms with Crippen molar-refractivity contribution in [3.05, 3.63) is 65.2 Å². The number of benzene rings is 2. The Bertz CT molecular complexity index is 1300. The third-order valence-corrected chi connectivity index (χ3v) is 8.32. The number of fused-ring (bicyclic) bond motifs is 2. The summed E-state index contributed by atoms with van der Waals surface area (Å²) in [6.07, 6.45) is 1.47. The predicted octanol–water partition coefficient (Wildman–Crippen LogP) is 1.56. The summed E-state index contributed by atoms with van der Waals surface area (Å²) in [4.78, 5) is 58.8. The van der Waals surface area contributed by atoms with Crippen LogP contribution in [-0.4, -0.2) is 103 Å². The average Bonchev–Trinajstić information content (AvgIpc) is 3.52. The number of carbonyl (C=O) groups excluding carboxylic acids is 4. The van der Waals surface area contributed by atoms with Crippen LogP contribution in [0.15, 0.2) is 48.5 Å². The van der Waals surface area contributed by atoms with Crippen molar-refractivity contribution in [2.24, 2.45) is 0 Å². The van der Waals surface area contributed by atoms with Gasteiger partial charge in [0.1, 0.15) is 24.4 Å². The molecule has 0 radical (unpaired) electrons. The Morgan fingerprint density at radius 2 is 1.67 bits per heavy atom. The second kappa shape index (κ2) is 14.5. The number of hydrogen-bond acceptors (Lipinski definition) is 7. The molecule has 3 aliphatic rings. The molecule has 11 nitrogen and oxygen atoms in total. The number of likely N-dealkylation sites (N-methyl/N-ethyl adjacent to an activating group) is 1. The predicted molar refractivity (Wildman–Crippen MR) is 159 cm³/mol. The molecule has 0 aromatic heterocycles. The van der Waals surface area contributed by atoms with Gasteiger partial charge >= 0.3 is 0 Å². The second-order valence-corrected chi connectivity index (χ2v) is 11.3. The van der Waals surface area contributed by atoms with Crippen molar-refractivity contribution in [1.82, 2.24) is 25.3 Å². The zero-order valence-corrected chi connectivity index (χ0v) is 24.8. The molecule has 0 unspecified atom stereocenters. The van der Waals surface area contributed by atoms with Crippen molar-refractivity contribution in [3.8, 4) is 5.75 Å². The number of hydrogen-bond donors (Lipinski definition) is 2. The molecule has 4 amide bonds. The van der Waals surface area contributed by atoms with Crippen LogP contribution in [0, 0.1) is 0 Å². The zero-order valence-electron chi connectivity index (χ0n) is 24.8. The lowest BCUT2D eigenvalue weighted by atomic mass is 10.1. The molecule has 230 valence electrons. The summed E-state index contributed by atoms with van der Waals surface area (Å²) in [6.45, 7) is 5.45. The minimum absolute atomic E-state index is 0.0280. The first kappa shape index (κ1) is 30.5. The van der Waals surface area contributed by atoms with Gasteiger partial charge in [-0.15, -0.1) is 0 Å². The Balaban J connectivity index is 1.28. The monoisotopic (exact) mass is 591 g/mol. The molecule has 0 bridgehead atoms. The van der Waals surface area contributed by atoms with Crippen molar-refractivity contribution in [2.45, 2.75) is 50.9 Å². The van der Waals surface area contributed by atoms with Crippen molar-refractivity contribution in [3.63, 3.8) is 0 Å². The summed E-state index contributed by atoms with van der Waals surface area (Å²) in [5.74, 6) is -0.801. The number of para-hydroxylation sites is 1. The standard InChI is InChI=1S/C32H41N5O6/c1-35-15-20-43-28-7-3-2-5-25(28)30(39)34-26(12-13-29(38)37-14-4-6-27(37)32(35)41)31(40)33-21-23-8-10-24(11-9-23)22-36-16-18-42-19-17-36/h2-3,5,7-11,26-27H,4,6,12-22H2,1H3,(H,33,40)(H,34,39)/t26-,27+/m0/s1.